The van der Waals surface area contributed by atoms with Crippen molar-refractivity contribution in [3.05, 3.63) is 35.4 Å². The molecule has 0 radical (unpaired) electrons. The predicted molar refractivity (Wildman–Crippen MR) is 76.1 cm³/mol. The molecule has 1 unspecified atom stereocenters. The topological polar surface area (TPSA) is 55.6 Å². The van der Waals surface area contributed by atoms with Crippen molar-refractivity contribution in [2.75, 3.05) is 20.2 Å². The minimum atomic E-state index is -0.374. The number of esters is 1. The molecule has 106 valence electrons. The number of nitrogens with zero attached hydrogens (tertiary/aromatic N) is 2. The van der Waals surface area contributed by atoms with E-state index in [0.29, 0.717) is 11.6 Å². The second kappa shape index (κ2) is 5.25. The zero-order chi connectivity index (χ0) is 14.1. The van der Waals surface area contributed by atoms with Gasteiger partial charge in [0.05, 0.1) is 12.6 Å². The third-order valence-electron chi connectivity index (χ3n) is 3.85. The first-order chi connectivity index (χ1) is 9.70. The SMILES string of the molecule is COC(=O)c1nc(C2CCCNC2)n2cc(C)ccc12. The van der Waals surface area contributed by atoms with Crippen LogP contribution in [0.25, 0.3) is 5.52 Å². The van der Waals surface area contributed by atoms with Crippen LogP contribution in [0.4, 0.5) is 0 Å². The Kier molecular flexibility index (Phi) is 3.44. The maximum absolute atomic E-state index is 11.9. The van der Waals surface area contributed by atoms with Crippen molar-refractivity contribution in [2.45, 2.75) is 25.7 Å². The van der Waals surface area contributed by atoms with Gasteiger partial charge in [0, 0.05) is 18.7 Å². The van der Waals surface area contributed by atoms with E-state index in [4.69, 9.17) is 4.74 Å². The van der Waals surface area contributed by atoms with Crippen molar-refractivity contribution >= 4 is 11.5 Å². The number of carbonyl (C=O) groups is 1. The smallest absolute Gasteiger partial charge is 0.358 e. The van der Waals surface area contributed by atoms with Gasteiger partial charge in [-0.2, -0.15) is 0 Å². The van der Waals surface area contributed by atoms with E-state index in [0.717, 1.165) is 42.8 Å². The molecule has 0 amide bonds. The van der Waals surface area contributed by atoms with Crippen LogP contribution in [0.1, 0.15) is 40.6 Å². The van der Waals surface area contributed by atoms with Gasteiger partial charge in [0.25, 0.3) is 0 Å². The van der Waals surface area contributed by atoms with E-state index < -0.39 is 0 Å². The second-order valence-corrected chi connectivity index (χ2v) is 5.32. The van der Waals surface area contributed by atoms with E-state index in [1.54, 1.807) is 0 Å². The average molecular weight is 273 g/mol. The number of methoxy groups -OCH3 is 1. The molecule has 2 aromatic heterocycles. The summed E-state index contributed by atoms with van der Waals surface area (Å²) in [6, 6.07) is 3.93. The number of hydrogen-bond donors (Lipinski definition) is 1. The van der Waals surface area contributed by atoms with Gasteiger partial charge in [0.2, 0.25) is 0 Å². The fraction of sp³-hybridized carbons (Fsp3) is 0.467. The fourth-order valence-electron chi connectivity index (χ4n) is 2.82. The van der Waals surface area contributed by atoms with E-state index in [9.17, 15) is 4.79 Å². The van der Waals surface area contributed by atoms with Gasteiger partial charge in [0.1, 0.15) is 5.82 Å². The Morgan fingerprint density at radius 2 is 2.35 bits per heavy atom. The van der Waals surface area contributed by atoms with Gasteiger partial charge >= 0.3 is 5.97 Å². The first-order valence-corrected chi connectivity index (χ1v) is 6.98. The molecule has 1 aliphatic heterocycles. The molecule has 0 bridgehead atoms. The van der Waals surface area contributed by atoms with Crippen molar-refractivity contribution in [3.8, 4) is 0 Å². The largest absolute Gasteiger partial charge is 0.464 e. The van der Waals surface area contributed by atoms with Crippen molar-refractivity contribution in [1.82, 2.24) is 14.7 Å². The van der Waals surface area contributed by atoms with E-state index in [-0.39, 0.29) is 5.97 Å². The van der Waals surface area contributed by atoms with Gasteiger partial charge in [-0.05, 0) is 37.9 Å². The maximum Gasteiger partial charge on any atom is 0.358 e. The molecule has 0 spiro atoms. The summed E-state index contributed by atoms with van der Waals surface area (Å²) in [5.41, 5.74) is 2.38. The van der Waals surface area contributed by atoms with Gasteiger partial charge in [0.15, 0.2) is 5.69 Å². The molecular weight excluding hydrogens is 254 g/mol. The standard InChI is InChI=1S/C15H19N3O2/c1-10-5-6-12-13(15(19)20-2)17-14(18(12)9-10)11-4-3-7-16-8-11/h5-6,9,11,16H,3-4,7-8H2,1-2H3. The molecule has 1 saturated heterocycles. The molecule has 0 aromatic carbocycles. The molecule has 5 heteroatoms. The van der Waals surface area contributed by atoms with Crippen LogP contribution in [0.2, 0.25) is 0 Å². The molecule has 2 aromatic rings. The lowest BCUT2D eigenvalue weighted by Gasteiger charge is -2.21. The number of aromatic nitrogens is 2. The predicted octanol–water partition coefficient (Wildman–Crippen LogP) is 1.90. The van der Waals surface area contributed by atoms with Crippen LogP contribution < -0.4 is 5.32 Å². The minimum absolute atomic E-state index is 0.344. The zero-order valence-electron chi connectivity index (χ0n) is 11.8. The molecule has 5 nitrogen and oxygen atoms in total. The molecular formula is C15H19N3O2. The van der Waals surface area contributed by atoms with Crippen LogP contribution in [0.5, 0.6) is 0 Å². The Balaban J connectivity index is 2.15. The number of carbonyl (C=O) groups excluding carboxylic acids is 1. The Morgan fingerprint density at radius 3 is 3.05 bits per heavy atom. The number of rotatable bonds is 2. The Hall–Kier alpha value is -1.88. The molecule has 20 heavy (non-hydrogen) atoms. The number of aryl methyl sites for hydroxylation is 1. The van der Waals surface area contributed by atoms with E-state index in [1.165, 1.54) is 7.11 Å². The Bertz CT molecular complexity index is 642. The minimum Gasteiger partial charge on any atom is -0.464 e. The number of ether oxygens (including phenoxy) is 1. The molecule has 0 aliphatic carbocycles. The van der Waals surface area contributed by atoms with Crippen molar-refractivity contribution in [2.24, 2.45) is 0 Å². The summed E-state index contributed by atoms with van der Waals surface area (Å²) in [6.07, 6.45) is 4.28. The lowest BCUT2D eigenvalue weighted by Crippen LogP contribution is -2.29. The molecule has 1 N–H and O–H groups in total. The number of fused-ring (bicyclic) bond motifs is 1. The fourth-order valence-corrected chi connectivity index (χ4v) is 2.82. The number of pyridine rings is 1. The Morgan fingerprint density at radius 1 is 1.50 bits per heavy atom. The lowest BCUT2D eigenvalue weighted by molar-refractivity contribution is 0.0596. The Labute approximate surface area is 118 Å². The van der Waals surface area contributed by atoms with Crippen molar-refractivity contribution in [1.29, 1.82) is 0 Å². The normalized spacial score (nSPS) is 19.2. The number of piperidine rings is 1. The van der Waals surface area contributed by atoms with Crippen LogP contribution in [0.3, 0.4) is 0 Å². The van der Waals surface area contributed by atoms with Gasteiger partial charge in [-0.15, -0.1) is 0 Å². The van der Waals surface area contributed by atoms with E-state index >= 15 is 0 Å². The van der Waals surface area contributed by atoms with E-state index in [1.807, 2.05) is 29.7 Å². The highest BCUT2D eigenvalue weighted by atomic mass is 16.5. The highest BCUT2D eigenvalue weighted by Crippen LogP contribution is 2.26. The van der Waals surface area contributed by atoms with Gasteiger partial charge in [-0.3, -0.25) is 0 Å². The summed E-state index contributed by atoms with van der Waals surface area (Å²) in [5.74, 6) is 0.925. The molecule has 1 fully saturated rings. The van der Waals surface area contributed by atoms with Gasteiger partial charge in [-0.25, -0.2) is 9.78 Å². The number of imidazole rings is 1. The highest BCUT2D eigenvalue weighted by Gasteiger charge is 2.24. The summed E-state index contributed by atoms with van der Waals surface area (Å²) < 4.78 is 6.89. The summed E-state index contributed by atoms with van der Waals surface area (Å²) in [4.78, 5) is 16.5. The van der Waals surface area contributed by atoms with Crippen LogP contribution in [0.15, 0.2) is 18.3 Å². The molecule has 1 atom stereocenters. The molecule has 3 heterocycles. The molecule has 3 rings (SSSR count). The molecule has 1 aliphatic rings. The second-order valence-electron chi connectivity index (χ2n) is 5.32. The lowest BCUT2D eigenvalue weighted by atomic mass is 9.99. The summed E-state index contributed by atoms with van der Waals surface area (Å²) in [7, 11) is 1.39. The van der Waals surface area contributed by atoms with Crippen LogP contribution in [-0.4, -0.2) is 35.6 Å². The van der Waals surface area contributed by atoms with Crippen molar-refractivity contribution in [3.63, 3.8) is 0 Å². The van der Waals surface area contributed by atoms with Crippen LogP contribution >= 0.6 is 0 Å². The summed E-state index contributed by atoms with van der Waals surface area (Å²) >= 11 is 0. The number of nitrogens with one attached hydrogen (secondary N) is 1. The van der Waals surface area contributed by atoms with Crippen molar-refractivity contribution < 1.29 is 9.53 Å². The highest BCUT2D eigenvalue weighted by molar-refractivity contribution is 5.95. The quantitative estimate of drug-likeness (QED) is 0.849. The third kappa shape index (κ3) is 2.18. The number of hydrogen-bond acceptors (Lipinski definition) is 4. The first kappa shape index (κ1) is 13.1. The third-order valence-corrected chi connectivity index (χ3v) is 3.85. The van der Waals surface area contributed by atoms with Crippen LogP contribution in [-0.2, 0) is 4.74 Å². The average Bonchev–Trinajstić information content (AvgIpc) is 2.86. The van der Waals surface area contributed by atoms with E-state index in [2.05, 4.69) is 10.3 Å². The molecule has 0 saturated carbocycles. The van der Waals surface area contributed by atoms with Gasteiger partial charge < -0.3 is 14.5 Å². The zero-order valence-corrected chi connectivity index (χ0v) is 11.8. The summed E-state index contributed by atoms with van der Waals surface area (Å²) in [6.45, 7) is 4.01. The first-order valence-electron chi connectivity index (χ1n) is 6.98. The summed E-state index contributed by atoms with van der Waals surface area (Å²) in [5, 5.41) is 3.40. The monoisotopic (exact) mass is 273 g/mol. The van der Waals surface area contributed by atoms with Crippen LogP contribution in [0, 0.1) is 6.92 Å². The maximum atomic E-state index is 11.9. The van der Waals surface area contributed by atoms with Gasteiger partial charge in [-0.1, -0.05) is 6.07 Å².